The molecule has 3 nitrogen and oxygen atoms in total. The molecule has 0 aromatic heterocycles. The van der Waals surface area contributed by atoms with E-state index in [1.807, 2.05) is 0 Å². The molecule has 0 aliphatic carbocycles. The summed E-state index contributed by atoms with van der Waals surface area (Å²) in [5, 5.41) is 0.490. The first kappa shape index (κ1) is 10.8. The quantitative estimate of drug-likeness (QED) is 0.804. The van der Waals surface area contributed by atoms with E-state index in [1.165, 1.54) is 0 Å². The van der Waals surface area contributed by atoms with E-state index in [0.29, 0.717) is 28.0 Å². The van der Waals surface area contributed by atoms with E-state index >= 15 is 0 Å². The third kappa shape index (κ3) is 2.26. The zero-order valence-corrected chi connectivity index (χ0v) is 9.98. The number of hydrogen-bond acceptors (Lipinski definition) is 3. The third-order valence-corrected chi connectivity index (χ3v) is 5.03. The molecule has 5 heteroatoms. The molecule has 0 spiro atoms. The van der Waals surface area contributed by atoms with Gasteiger partial charge in [0.05, 0.1) is 27.5 Å². The Morgan fingerprint density at radius 3 is 2.67 bits per heavy atom. The maximum atomic E-state index is 11.9. The summed E-state index contributed by atoms with van der Waals surface area (Å²) in [7, 11) is -0.406. The van der Waals surface area contributed by atoms with Gasteiger partial charge < -0.3 is 4.74 Å². The summed E-state index contributed by atoms with van der Waals surface area (Å²) in [6.45, 7) is 0. The summed E-state index contributed by atoms with van der Waals surface area (Å²) < 4.78 is 21.1. The number of nitrogens with zero attached hydrogens (tertiary/aromatic N) is 1. The number of hydrogen-bond donors (Lipinski definition) is 0. The van der Waals surface area contributed by atoms with Crippen molar-refractivity contribution >= 4 is 27.0 Å². The summed E-state index contributed by atoms with van der Waals surface area (Å²) in [4.78, 5) is 0. The molecule has 1 aliphatic rings. The smallest absolute Gasteiger partial charge is 0.120 e. The van der Waals surface area contributed by atoms with Gasteiger partial charge in [0.1, 0.15) is 5.75 Å². The summed E-state index contributed by atoms with van der Waals surface area (Å²) in [6.07, 6.45) is 0.996. The van der Waals surface area contributed by atoms with E-state index in [9.17, 15) is 4.21 Å². The van der Waals surface area contributed by atoms with Crippen molar-refractivity contribution in [2.75, 3.05) is 18.6 Å². The van der Waals surface area contributed by atoms with Crippen LogP contribution in [0.3, 0.4) is 0 Å². The Morgan fingerprint density at radius 2 is 2.20 bits per heavy atom. The first-order chi connectivity index (χ1) is 7.13. The lowest BCUT2D eigenvalue weighted by atomic mass is 10.3. The topological polar surface area (TPSA) is 38.7 Å². The number of halogens is 1. The summed E-state index contributed by atoms with van der Waals surface area (Å²) in [6, 6.07) is 5.19. The van der Waals surface area contributed by atoms with Crippen LogP contribution in [0.1, 0.15) is 6.42 Å². The maximum absolute atomic E-state index is 11.9. The summed E-state index contributed by atoms with van der Waals surface area (Å²) >= 11 is 6.00. The number of methoxy groups -OCH3 is 1. The molecular formula is C10H12ClNO2S. The van der Waals surface area contributed by atoms with E-state index < -0.39 is 9.73 Å². The fraction of sp³-hybridized carbons (Fsp3) is 0.400. The molecule has 1 aromatic rings. The van der Waals surface area contributed by atoms with Crippen LogP contribution < -0.4 is 4.74 Å². The molecule has 82 valence electrons. The average Bonchev–Trinajstić information content (AvgIpc) is 2.18. The van der Waals surface area contributed by atoms with Crippen LogP contribution in [0.5, 0.6) is 5.75 Å². The molecule has 0 radical (unpaired) electrons. The second-order valence-electron chi connectivity index (χ2n) is 3.44. The normalized spacial score (nSPS) is 18.0. The Bertz CT molecular complexity index is 482. The van der Waals surface area contributed by atoms with Gasteiger partial charge in [0, 0.05) is 17.6 Å². The van der Waals surface area contributed by atoms with Gasteiger partial charge in [-0.05, 0) is 18.6 Å². The molecule has 0 N–H and O–H groups in total. The zero-order chi connectivity index (χ0) is 10.9. The van der Waals surface area contributed by atoms with E-state index in [2.05, 4.69) is 4.36 Å². The Labute approximate surface area is 94.6 Å². The lowest BCUT2D eigenvalue weighted by Gasteiger charge is -2.18. The molecule has 1 saturated heterocycles. The minimum Gasteiger partial charge on any atom is -0.497 e. The molecule has 0 atom stereocenters. The molecule has 0 saturated carbocycles. The predicted molar refractivity (Wildman–Crippen MR) is 62.6 cm³/mol. The monoisotopic (exact) mass is 245 g/mol. The third-order valence-electron chi connectivity index (χ3n) is 2.35. The van der Waals surface area contributed by atoms with Gasteiger partial charge in [-0.25, -0.2) is 4.21 Å². The van der Waals surface area contributed by atoms with E-state index in [0.717, 1.165) is 6.42 Å². The van der Waals surface area contributed by atoms with Crippen molar-refractivity contribution in [3.05, 3.63) is 23.2 Å². The maximum Gasteiger partial charge on any atom is 0.120 e. The number of rotatable bonds is 2. The van der Waals surface area contributed by atoms with Crippen LogP contribution >= 0.6 is 11.6 Å². The minimum atomic E-state index is -1.98. The Balaban J connectivity index is 2.38. The van der Waals surface area contributed by atoms with Gasteiger partial charge in [0.2, 0.25) is 0 Å². The van der Waals surface area contributed by atoms with Crippen LogP contribution in [0, 0.1) is 0 Å². The highest BCUT2D eigenvalue weighted by atomic mass is 35.5. The molecule has 1 heterocycles. The molecule has 2 rings (SSSR count). The van der Waals surface area contributed by atoms with E-state index in [1.54, 1.807) is 25.3 Å². The zero-order valence-electron chi connectivity index (χ0n) is 8.40. The van der Waals surface area contributed by atoms with Gasteiger partial charge in [-0.1, -0.05) is 11.6 Å². The van der Waals surface area contributed by atoms with Crippen LogP contribution in [-0.4, -0.2) is 22.8 Å². The Hall–Kier alpha value is -0.740. The van der Waals surface area contributed by atoms with Crippen LogP contribution in [0.4, 0.5) is 5.69 Å². The average molecular weight is 246 g/mol. The highest BCUT2D eigenvalue weighted by Gasteiger charge is 2.19. The summed E-state index contributed by atoms with van der Waals surface area (Å²) in [5.41, 5.74) is 0.599. The van der Waals surface area contributed by atoms with Crippen molar-refractivity contribution in [1.29, 1.82) is 0 Å². The van der Waals surface area contributed by atoms with Gasteiger partial charge in [0.15, 0.2) is 0 Å². The lowest BCUT2D eigenvalue weighted by Crippen LogP contribution is -2.22. The number of ether oxygens (including phenoxy) is 1. The van der Waals surface area contributed by atoms with Gasteiger partial charge >= 0.3 is 0 Å². The second kappa shape index (κ2) is 4.02. The highest BCUT2D eigenvalue weighted by Crippen LogP contribution is 2.31. The standard InChI is InChI=1S/C10H12ClNO2S/c1-14-8-3-4-10(9(11)7-8)12-15(13)5-2-6-15/h3-4,7H,2,5-6H2,1H3. The predicted octanol–water partition coefficient (Wildman–Crippen LogP) is 2.85. The number of benzene rings is 1. The van der Waals surface area contributed by atoms with Crippen molar-refractivity contribution < 1.29 is 8.95 Å². The molecule has 15 heavy (non-hydrogen) atoms. The van der Waals surface area contributed by atoms with Gasteiger partial charge in [-0.2, -0.15) is 4.36 Å². The van der Waals surface area contributed by atoms with Crippen LogP contribution in [-0.2, 0) is 9.73 Å². The van der Waals surface area contributed by atoms with Gasteiger partial charge in [0.25, 0.3) is 0 Å². The van der Waals surface area contributed by atoms with Crippen LogP contribution in [0.2, 0.25) is 5.02 Å². The summed E-state index contributed by atoms with van der Waals surface area (Å²) in [5.74, 6) is 2.06. The molecule has 0 unspecified atom stereocenters. The minimum absolute atomic E-state index is 0.490. The Morgan fingerprint density at radius 1 is 1.47 bits per heavy atom. The van der Waals surface area contributed by atoms with E-state index in [-0.39, 0.29) is 0 Å². The molecule has 1 aromatic carbocycles. The van der Waals surface area contributed by atoms with Gasteiger partial charge in [-0.3, -0.25) is 0 Å². The van der Waals surface area contributed by atoms with Crippen LogP contribution in [0.15, 0.2) is 22.6 Å². The first-order valence-electron chi connectivity index (χ1n) is 4.69. The van der Waals surface area contributed by atoms with Crippen molar-refractivity contribution in [3.8, 4) is 5.75 Å². The van der Waals surface area contributed by atoms with Crippen molar-refractivity contribution in [3.63, 3.8) is 0 Å². The second-order valence-corrected chi connectivity index (χ2v) is 6.39. The van der Waals surface area contributed by atoms with E-state index in [4.69, 9.17) is 16.3 Å². The molecule has 0 amide bonds. The van der Waals surface area contributed by atoms with Crippen molar-refractivity contribution in [2.45, 2.75) is 6.42 Å². The fourth-order valence-electron chi connectivity index (χ4n) is 1.35. The lowest BCUT2D eigenvalue weighted by molar-refractivity contribution is 0.415. The molecule has 1 aliphatic heterocycles. The van der Waals surface area contributed by atoms with Crippen molar-refractivity contribution in [1.82, 2.24) is 0 Å². The molecule has 1 fully saturated rings. The Kier molecular flexibility index (Phi) is 2.89. The molecule has 0 bridgehead atoms. The highest BCUT2D eigenvalue weighted by molar-refractivity contribution is 7.95. The SMILES string of the molecule is COc1ccc(N=S2(=O)CCC2)c(Cl)c1. The van der Waals surface area contributed by atoms with Crippen molar-refractivity contribution in [2.24, 2.45) is 4.36 Å². The largest absolute Gasteiger partial charge is 0.497 e. The fourth-order valence-corrected chi connectivity index (χ4v) is 3.10. The first-order valence-corrected chi connectivity index (χ1v) is 6.92. The van der Waals surface area contributed by atoms with Crippen LogP contribution in [0.25, 0.3) is 0 Å². The molecular weight excluding hydrogens is 234 g/mol. The van der Waals surface area contributed by atoms with Gasteiger partial charge in [-0.15, -0.1) is 0 Å².